The minimum atomic E-state index is -4.97. The van der Waals surface area contributed by atoms with E-state index in [9.17, 15) is 21.6 Å². The van der Waals surface area contributed by atoms with Gasteiger partial charge in [-0.25, -0.2) is 13.6 Å². The van der Waals surface area contributed by atoms with Gasteiger partial charge in [0.2, 0.25) is 10.0 Å². The molecule has 8 heteroatoms. The second kappa shape index (κ2) is 4.19. The van der Waals surface area contributed by atoms with Crippen LogP contribution in [0.1, 0.15) is 11.1 Å². The first-order chi connectivity index (χ1) is 7.52. The quantitative estimate of drug-likeness (QED) is 0.890. The number of rotatable bonds is 2. The van der Waals surface area contributed by atoms with E-state index in [1.165, 1.54) is 19.9 Å². The summed E-state index contributed by atoms with van der Waals surface area (Å²) in [4.78, 5) is -0.682. The number of benzene rings is 1. The number of sulfonamides is 1. The van der Waals surface area contributed by atoms with Gasteiger partial charge in [0.15, 0.2) is 5.75 Å². The molecule has 0 spiro atoms. The molecule has 96 valence electrons. The Labute approximate surface area is 96.2 Å². The molecule has 0 bridgehead atoms. The van der Waals surface area contributed by atoms with Crippen LogP contribution in [0.15, 0.2) is 17.0 Å². The van der Waals surface area contributed by atoms with Gasteiger partial charge in [0, 0.05) is 0 Å². The molecular formula is C9H10F3NO3S. The molecule has 0 aliphatic carbocycles. The van der Waals surface area contributed by atoms with E-state index in [-0.39, 0.29) is 5.56 Å². The fourth-order valence-electron chi connectivity index (χ4n) is 1.23. The van der Waals surface area contributed by atoms with Crippen molar-refractivity contribution < 1.29 is 26.3 Å². The number of primary sulfonamides is 1. The Kier molecular flexibility index (Phi) is 3.40. The predicted molar refractivity (Wildman–Crippen MR) is 54.0 cm³/mol. The maximum atomic E-state index is 12.2. The molecule has 0 heterocycles. The maximum absolute atomic E-state index is 12.2. The molecule has 0 fully saturated rings. The highest BCUT2D eigenvalue weighted by molar-refractivity contribution is 7.89. The molecule has 0 aliphatic rings. The summed E-state index contributed by atoms with van der Waals surface area (Å²) in [5, 5.41) is 4.82. The van der Waals surface area contributed by atoms with Crippen molar-refractivity contribution >= 4 is 10.0 Å². The van der Waals surface area contributed by atoms with Crippen molar-refractivity contribution in [3.8, 4) is 5.75 Å². The van der Waals surface area contributed by atoms with Crippen LogP contribution in [0.3, 0.4) is 0 Å². The summed E-state index contributed by atoms with van der Waals surface area (Å²) >= 11 is 0. The standard InChI is InChI=1S/C9H10F3NO3S/c1-5-3-4-7(17(13,14)15)8(6(5)2)16-9(10,11)12/h3-4H,1-2H3,(H2,13,14,15). The molecule has 0 unspecified atom stereocenters. The zero-order valence-corrected chi connectivity index (χ0v) is 9.82. The highest BCUT2D eigenvalue weighted by Gasteiger charge is 2.34. The number of alkyl halides is 3. The molecule has 2 N–H and O–H groups in total. The summed E-state index contributed by atoms with van der Waals surface area (Å²) in [6, 6.07) is 2.34. The monoisotopic (exact) mass is 269 g/mol. The van der Waals surface area contributed by atoms with Gasteiger partial charge in [-0.1, -0.05) is 6.07 Å². The van der Waals surface area contributed by atoms with Gasteiger partial charge in [0.25, 0.3) is 0 Å². The largest absolute Gasteiger partial charge is 0.573 e. The minimum Gasteiger partial charge on any atom is -0.404 e. The average molecular weight is 269 g/mol. The second-order valence-corrected chi connectivity index (χ2v) is 4.96. The van der Waals surface area contributed by atoms with Crippen LogP contribution < -0.4 is 9.88 Å². The van der Waals surface area contributed by atoms with Crippen molar-refractivity contribution in [3.63, 3.8) is 0 Å². The van der Waals surface area contributed by atoms with Crippen LogP contribution >= 0.6 is 0 Å². The Bertz CT molecular complexity index is 537. The van der Waals surface area contributed by atoms with Crippen LogP contribution in [0.2, 0.25) is 0 Å². The lowest BCUT2D eigenvalue weighted by Gasteiger charge is -2.15. The number of nitrogens with two attached hydrogens (primary N) is 1. The lowest BCUT2D eigenvalue weighted by atomic mass is 10.1. The molecule has 1 aromatic rings. The summed E-state index contributed by atoms with van der Waals surface area (Å²) in [7, 11) is -4.27. The summed E-state index contributed by atoms with van der Waals surface area (Å²) in [6.07, 6.45) is -4.97. The van der Waals surface area contributed by atoms with E-state index < -0.39 is 27.0 Å². The summed E-state index contributed by atoms with van der Waals surface area (Å²) < 4.78 is 62.5. The molecule has 1 aromatic carbocycles. The van der Waals surface area contributed by atoms with E-state index in [1.54, 1.807) is 0 Å². The topological polar surface area (TPSA) is 69.4 Å². The SMILES string of the molecule is Cc1ccc(S(N)(=O)=O)c(OC(F)(F)F)c1C. The van der Waals surface area contributed by atoms with Crippen LogP contribution in [-0.2, 0) is 10.0 Å². The van der Waals surface area contributed by atoms with E-state index in [0.29, 0.717) is 5.56 Å². The van der Waals surface area contributed by atoms with Crippen molar-refractivity contribution in [2.24, 2.45) is 5.14 Å². The lowest BCUT2D eigenvalue weighted by Crippen LogP contribution is -2.22. The van der Waals surface area contributed by atoms with Crippen molar-refractivity contribution in [1.82, 2.24) is 0 Å². The third-order valence-corrected chi connectivity index (χ3v) is 3.10. The molecule has 0 aromatic heterocycles. The predicted octanol–water partition coefficient (Wildman–Crippen LogP) is 1.85. The highest BCUT2D eigenvalue weighted by Crippen LogP contribution is 2.33. The van der Waals surface area contributed by atoms with Crippen LogP contribution in [-0.4, -0.2) is 14.8 Å². The zero-order chi connectivity index (χ0) is 13.4. The summed E-state index contributed by atoms with van der Waals surface area (Å²) in [6.45, 7) is 2.86. The first-order valence-electron chi connectivity index (χ1n) is 4.41. The van der Waals surface area contributed by atoms with Crippen molar-refractivity contribution in [2.75, 3.05) is 0 Å². The molecular weight excluding hydrogens is 259 g/mol. The number of hydrogen-bond acceptors (Lipinski definition) is 3. The molecule has 4 nitrogen and oxygen atoms in total. The maximum Gasteiger partial charge on any atom is 0.573 e. The Morgan fingerprint density at radius 1 is 1.24 bits per heavy atom. The Balaban J connectivity index is 3.48. The molecule has 0 amide bonds. The van der Waals surface area contributed by atoms with Crippen molar-refractivity contribution in [2.45, 2.75) is 25.1 Å². The lowest BCUT2D eigenvalue weighted by molar-refractivity contribution is -0.275. The van der Waals surface area contributed by atoms with Gasteiger partial charge in [0.1, 0.15) is 4.90 Å². The normalized spacial score (nSPS) is 12.6. The van der Waals surface area contributed by atoms with Gasteiger partial charge in [-0.05, 0) is 31.0 Å². The van der Waals surface area contributed by atoms with E-state index >= 15 is 0 Å². The van der Waals surface area contributed by atoms with E-state index in [0.717, 1.165) is 6.07 Å². The molecule has 0 saturated heterocycles. The summed E-state index contributed by atoms with van der Waals surface area (Å²) in [5.41, 5.74) is 0.547. The fourth-order valence-corrected chi connectivity index (χ4v) is 1.94. The van der Waals surface area contributed by atoms with E-state index in [2.05, 4.69) is 4.74 Å². The first-order valence-corrected chi connectivity index (χ1v) is 5.96. The van der Waals surface area contributed by atoms with Crippen LogP contribution in [0.5, 0.6) is 5.75 Å². The molecule has 17 heavy (non-hydrogen) atoms. The Morgan fingerprint density at radius 3 is 2.18 bits per heavy atom. The van der Waals surface area contributed by atoms with Gasteiger partial charge in [0.05, 0.1) is 0 Å². The zero-order valence-electron chi connectivity index (χ0n) is 9.00. The Morgan fingerprint density at radius 2 is 1.76 bits per heavy atom. The molecule has 0 aliphatic heterocycles. The molecule has 0 atom stereocenters. The second-order valence-electron chi connectivity index (χ2n) is 3.43. The third kappa shape index (κ3) is 3.34. The van der Waals surface area contributed by atoms with Crippen LogP contribution in [0.25, 0.3) is 0 Å². The van der Waals surface area contributed by atoms with Crippen molar-refractivity contribution in [1.29, 1.82) is 0 Å². The Hall–Kier alpha value is -1.28. The van der Waals surface area contributed by atoms with Gasteiger partial charge in [-0.2, -0.15) is 0 Å². The molecule has 1 rings (SSSR count). The number of aryl methyl sites for hydroxylation is 1. The fraction of sp³-hybridized carbons (Fsp3) is 0.333. The van der Waals surface area contributed by atoms with Gasteiger partial charge < -0.3 is 4.74 Å². The van der Waals surface area contributed by atoms with E-state index in [1.807, 2.05) is 0 Å². The van der Waals surface area contributed by atoms with Crippen LogP contribution in [0.4, 0.5) is 13.2 Å². The summed E-state index contributed by atoms with van der Waals surface area (Å²) in [5.74, 6) is -0.778. The smallest absolute Gasteiger partial charge is 0.404 e. The van der Waals surface area contributed by atoms with E-state index in [4.69, 9.17) is 5.14 Å². The van der Waals surface area contributed by atoms with Crippen LogP contribution in [0, 0.1) is 13.8 Å². The number of hydrogen-bond donors (Lipinski definition) is 1. The van der Waals surface area contributed by atoms with Gasteiger partial charge >= 0.3 is 6.36 Å². The average Bonchev–Trinajstić information content (AvgIpc) is 2.08. The highest BCUT2D eigenvalue weighted by atomic mass is 32.2. The first kappa shape index (κ1) is 13.8. The molecule has 0 saturated carbocycles. The van der Waals surface area contributed by atoms with Crippen molar-refractivity contribution in [3.05, 3.63) is 23.3 Å². The number of halogens is 3. The minimum absolute atomic E-state index is 0.0776. The van der Waals surface area contributed by atoms with Gasteiger partial charge in [-0.15, -0.1) is 13.2 Å². The molecule has 0 radical (unpaired) electrons. The third-order valence-electron chi connectivity index (χ3n) is 2.16. The van der Waals surface area contributed by atoms with Gasteiger partial charge in [-0.3, -0.25) is 0 Å². The number of ether oxygens (including phenoxy) is 1.